The smallest absolute Gasteiger partial charge is 0.174 e. The Morgan fingerprint density at radius 3 is 0.850 bits per heavy atom. The third kappa shape index (κ3) is 11.1. The molecule has 0 bridgehead atoms. The van der Waals surface area contributed by atoms with Crippen molar-refractivity contribution in [1.82, 2.24) is 37.5 Å². The van der Waals surface area contributed by atoms with Crippen molar-refractivity contribution in [2.45, 2.75) is 0 Å². The van der Waals surface area contributed by atoms with E-state index in [1.165, 1.54) is 10.8 Å². The van der Waals surface area contributed by atoms with Crippen molar-refractivity contribution in [2.24, 2.45) is 0 Å². The van der Waals surface area contributed by atoms with E-state index >= 15 is 18.3 Å². The van der Waals surface area contributed by atoms with Gasteiger partial charge >= 0.3 is 0 Å². The molecule has 4 aliphatic heterocycles. The van der Waals surface area contributed by atoms with Crippen molar-refractivity contribution in [2.75, 3.05) is 0 Å². The van der Waals surface area contributed by atoms with Crippen molar-refractivity contribution >= 4 is 246 Å². The fourth-order valence-corrected chi connectivity index (χ4v) is 36.1. The molecule has 12 heterocycles. The first-order valence-electron chi connectivity index (χ1n) is 47.1. The minimum atomic E-state index is -3.13. The lowest BCUT2D eigenvalue weighted by atomic mass is 10.1. The van der Waals surface area contributed by atoms with Crippen molar-refractivity contribution in [3.8, 4) is 44.5 Å². The predicted octanol–water partition coefficient (Wildman–Crippen LogP) is 25.7. The fourth-order valence-electron chi connectivity index (χ4n) is 23.5. The number of para-hydroxylation sites is 9. The molecule has 0 saturated heterocycles. The molecule has 0 N–H and O–H groups in total. The average Bonchev–Trinajstić information content (AvgIpc) is 1.52. The second-order valence-corrected chi connectivity index (χ2v) is 47.3. The number of rotatable bonds is 4. The number of hydrogen-bond donors (Lipinski definition) is 0. The van der Waals surface area contributed by atoms with Crippen LogP contribution in [-0.2, 0) is 18.3 Å². The highest BCUT2D eigenvalue weighted by Gasteiger charge is 2.46. The van der Waals surface area contributed by atoms with E-state index in [0.29, 0.717) is 0 Å². The molecule has 0 amide bonds. The van der Waals surface area contributed by atoms with E-state index in [4.69, 9.17) is 19.9 Å². The molecule has 8 aromatic heterocycles. The van der Waals surface area contributed by atoms with Crippen LogP contribution in [0.1, 0.15) is 0 Å². The fraction of sp³-hybridized carbons (Fsp3) is 0. The van der Waals surface area contributed by atoms with Gasteiger partial charge in [-0.15, -0.1) is 0 Å². The van der Waals surface area contributed by atoms with E-state index in [9.17, 15) is 0 Å². The highest BCUT2D eigenvalue weighted by Crippen LogP contribution is 2.58. The Bertz CT molecular complexity index is 10300. The standard InChI is InChI=1S/4C31H19N2OP/c34-35(27-17-7-3-11-21(27)22-12-4-8-18-28(22)35)29-19-9-14-23-20-10-1-2-13-24(20)31-32-25-15-5-6-16-26(25)33(31)30(23)29;34-35(29-15-7-3-10-23(29)24-11-4-8-16-30(24)35)20-17-18-22-21-9-1-2-12-25(21)31-32-26-13-5-6-14-27(26)33(31)28(22)19-20;34-35(29-15-7-3-10-22(29)23-11-4-8-16-30(23)35)20-17-18-27-25(19-20)21-9-1-2-12-24(21)31-32-26-13-5-6-14-28(26)33(27)31;34-35(27-17-7-4-12-22(27)23-13-5-8-18-28(23)35)29-19-9-16-26-30(29)32-31-24-14-2-1-10-20(24)21-11-3-6-15-25(21)33(26)31/h4*1-19H. The molecular weight excluding hydrogens is 1790 g/mol. The van der Waals surface area contributed by atoms with E-state index in [1.807, 2.05) is 194 Å². The number of nitrogens with zero attached hydrogens (tertiary/aromatic N) is 8. The number of pyridine rings is 4. The molecule has 0 radical (unpaired) electrons. The summed E-state index contributed by atoms with van der Waals surface area (Å²) >= 11 is 0. The second kappa shape index (κ2) is 30.3. The molecule has 140 heavy (non-hydrogen) atoms. The zero-order valence-electron chi connectivity index (χ0n) is 74.9. The van der Waals surface area contributed by atoms with Gasteiger partial charge in [0.15, 0.2) is 28.6 Å². The summed E-state index contributed by atoms with van der Waals surface area (Å²) in [6.07, 6.45) is 0. The highest BCUT2D eigenvalue weighted by atomic mass is 31.2. The van der Waals surface area contributed by atoms with Crippen LogP contribution in [0.2, 0.25) is 0 Å². The van der Waals surface area contributed by atoms with E-state index in [0.717, 1.165) is 251 Å². The Kier molecular flexibility index (Phi) is 17.4. The Hall–Kier alpha value is -16.8. The summed E-state index contributed by atoms with van der Waals surface area (Å²) in [4.78, 5) is 20.2. The zero-order chi connectivity index (χ0) is 92.6. The van der Waals surface area contributed by atoms with E-state index in [2.05, 4.69) is 285 Å². The molecule has 32 rings (SSSR count). The topological polar surface area (TPSA) is 137 Å². The molecule has 16 heteroatoms. The SMILES string of the molecule is O=P1(c2ccc3c(c2)c2ccccc2c2nc4ccccc4n32)c2ccccc2-c2ccccc21.O=P1(c2ccc3c4ccccc4c4nc5ccccc5n4c3c2)c2ccccc2-c2ccccc21.O=P1(c2cccc3c2nc2c4ccccc4c4ccccc4n32)c2ccccc2-c2ccccc21.O=P1(c2cccc3c4ccccc4c4nc5ccccc5n4c23)c2ccccc2-c2ccccc21. The maximum atomic E-state index is 15.5. The quantitative estimate of drug-likeness (QED) is 0.125. The highest BCUT2D eigenvalue weighted by molar-refractivity contribution is 7.88. The summed E-state index contributed by atoms with van der Waals surface area (Å²) in [7, 11) is -12.3. The van der Waals surface area contributed by atoms with Gasteiger partial charge < -0.3 is 18.3 Å². The van der Waals surface area contributed by atoms with Gasteiger partial charge in [0.2, 0.25) is 0 Å². The number of aromatic nitrogens is 8. The monoisotopic (exact) mass is 1860 g/mol. The van der Waals surface area contributed by atoms with Crippen molar-refractivity contribution < 1.29 is 18.3 Å². The third-order valence-electron chi connectivity index (χ3n) is 29.5. The summed E-state index contributed by atoms with van der Waals surface area (Å²) in [6, 6.07) is 157. The predicted molar refractivity (Wildman–Crippen MR) is 584 cm³/mol. The number of benzene rings is 20. The second-order valence-electron chi connectivity index (χ2n) is 36.5. The molecule has 12 nitrogen and oxygen atoms in total. The van der Waals surface area contributed by atoms with Gasteiger partial charge in [-0.1, -0.05) is 376 Å². The number of hydrogen-bond acceptors (Lipinski definition) is 8. The van der Waals surface area contributed by atoms with E-state index < -0.39 is 28.6 Å². The normalized spacial score (nSPS) is 14.1. The first-order valence-corrected chi connectivity index (χ1v) is 53.9. The van der Waals surface area contributed by atoms with Crippen LogP contribution in [0, 0.1) is 0 Å². The van der Waals surface area contributed by atoms with Crippen LogP contribution in [-0.4, -0.2) is 37.5 Å². The largest absolute Gasteiger partial charge is 0.309 e. The molecule has 0 unspecified atom stereocenters. The first kappa shape index (κ1) is 80.5. The van der Waals surface area contributed by atoms with Crippen molar-refractivity contribution in [3.63, 3.8) is 0 Å². The lowest BCUT2D eigenvalue weighted by molar-refractivity contribution is 0.592. The average molecular weight is 1870 g/mol. The van der Waals surface area contributed by atoms with Gasteiger partial charge in [0, 0.05) is 107 Å². The summed E-state index contributed by atoms with van der Waals surface area (Å²) < 4.78 is 69.8. The summed E-state index contributed by atoms with van der Waals surface area (Å²) in [5.41, 5.74) is 24.2. The first-order chi connectivity index (χ1) is 69.0. The third-order valence-corrected chi connectivity index (χ3v) is 42.2. The van der Waals surface area contributed by atoms with Crippen LogP contribution in [0.3, 0.4) is 0 Å². The molecular formula is C124H76N8O4P4. The molecule has 0 spiro atoms. The lowest BCUT2D eigenvalue weighted by Crippen LogP contribution is -2.22. The molecule has 0 aliphatic carbocycles. The van der Waals surface area contributed by atoms with Crippen LogP contribution in [0.4, 0.5) is 0 Å². The Balaban J connectivity index is 0.0000000896. The number of fused-ring (bicyclic) bond motifs is 44. The van der Waals surface area contributed by atoms with Crippen LogP contribution < -0.4 is 63.7 Å². The minimum absolute atomic E-state index is 0.809. The van der Waals surface area contributed by atoms with Crippen LogP contribution in [0.15, 0.2) is 461 Å². The van der Waals surface area contributed by atoms with Gasteiger partial charge in [0.05, 0.1) is 60.7 Å². The molecule has 0 atom stereocenters. The van der Waals surface area contributed by atoms with Gasteiger partial charge in [0.1, 0.15) is 28.1 Å². The molecule has 28 aromatic rings. The molecule has 0 fully saturated rings. The Morgan fingerprint density at radius 2 is 0.414 bits per heavy atom. The zero-order valence-corrected chi connectivity index (χ0v) is 78.5. The van der Waals surface area contributed by atoms with Gasteiger partial charge in [-0.2, -0.15) is 0 Å². The van der Waals surface area contributed by atoms with Gasteiger partial charge in [0.25, 0.3) is 0 Å². The van der Waals surface area contributed by atoms with Crippen LogP contribution >= 0.6 is 28.6 Å². The lowest BCUT2D eigenvalue weighted by Gasteiger charge is -2.20. The maximum Gasteiger partial charge on any atom is 0.174 e. The Labute approximate surface area is 801 Å². The van der Waals surface area contributed by atoms with Crippen LogP contribution in [0.25, 0.3) is 198 Å². The Morgan fingerprint density at radius 1 is 0.157 bits per heavy atom. The van der Waals surface area contributed by atoms with Gasteiger partial charge in [-0.25, -0.2) is 19.9 Å². The van der Waals surface area contributed by atoms with Gasteiger partial charge in [-0.05, 0) is 151 Å². The van der Waals surface area contributed by atoms with Crippen molar-refractivity contribution in [3.05, 3.63) is 461 Å². The van der Waals surface area contributed by atoms with E-state index in [1.54, 1.807) is 0 Å². The molecule has 20 aromatic carbocycles. The number of imidazole rings is 4. The van der Waals surface area contributed by atoms with Crippen LogP contribution in [0.5, 0.6) is 0 Å². The maximum absolute atomic E-state index is 15.5. The van der Waals surface area contributed by atoms with E-state index in [-0.39, 0.29) is 0 Å². The van der Waals surface area contributed by atoms with Gasteiger partial charge in [-0.3, -0.25) is 17.6 Å². The summed E-state index contributed by atoms with van der Waals surface area (Å²) in [6.45, 7) is 0. The summed E-state index contributed by atoms with van der Waals surface area (Å²) in [5, 5.41) is 24.2. The van der Waals surface area contributed by atoms with Crippen molar-refractivity contribution in [1.29, 1.82) is 0 Å². The summed E-state index contributed by atoms with van der Waals surface area (Å²) in [5.74, 6) is 0. The molecule has 656 valence electrons. The molecule has 0 saturated carbocycles. The molecule has 4 aliphatic rings. The minimum Gasteiger partial charge on any atom is -0.309 e.